The Morgan fingerprint density at radius 1 is 0.964 bits per heavy atom. The molecule has 1 aromatic heterocycles. The summed E-state index contributed by atoms with van der Waals surface area (Å²) < 4.78 is 7.53. The summed E-state index contributed by atoms with van der Waals surface area (Å²) in [5.41, 5.74) is 4.41. The topological polar surface area (TPSA) is 112 Å². The van der Waals surface area contributed by atoms with Crippen molar-refractivity contribution in [2.24, 2.45) is 10.9 Å². The second-order valence-electron chi connectivity index (χ2n) is 15.5. The second-order valence-corrected chi connectivity index (χ2v) is 15.5. The van der Waals surface area contributed by atoms with E-state index in [4.69, 9.17) is 4.74 Å². The molecule has 0 radical (unpaired) electrons. The van der Waals surface area contributed by atoms with E-state index >= 15 is 0 Å². The highest BCUT2D eigenvalue weighted by molar-refractivity contribution is 6.37. The van der Waals surface area contributed by atoms with Gasteiger partial charge in [0.05, 0.1) is 23.3 Å². The molecule has 0 saturated carbocycles. The van der Waals surface area contributed by atoms with Crippen LogP contribution in [0.15, 0.2) is 120 Å². The van der Waals surface area contributed by atoms with E-state index in [9.17, 15) is 19.2 Å². The van der Waals surface area contributed by atoms with E-state index in [1.807, 2.05) is 105 Å². The van der Waals surface area contributed by atoms with E-state index in [1.54, 1.807) is 18.3 Å². The van der Waals surface area contributed by atoms with Gasteiger partial charge in [-0.25, -0.2) is 9.56 Å². The maximum absolute atomic E-state index is 15.0. The number of ether oxygens (including phenoxy) is 1. The molecule has 55 heavy (non-hydrogen) atoms. The van der Waals surface area contributed by atoms with Crippen LogP contribution >= 0.6 is 0 Å². The fourth-order valence-electron chi connectivity index (χ4n) is 6.64. The first-order chi connectivity index (χ1) is 26.2. The van der Waals surface area contributed by atoms with Crippen molar-refractivity contribution in [3.8, 4) is 0 Å². The van der Waals surface area contributed by atoms with Crippen molar-refractivity contribution in [2.45, 2.75) is 91.9 Å². The number of allylic oxidation sites excluding steroid dienone is 4. The van der Waals surface area contributed by atoms with Crippen LogP contribution < -0.4 is 9.88 Å². The van der Waals surface area contributed by atoms with Crippen LogP contribution in [-0.2, 0) is 32.1 Å². The van der Waals surface area contributed by atoms with Crippen LogP contribution in [0.25, 0.3) is 5.70 Å². The fraction of sp³-hybridized carbons (Fsp3) is 0.378. The molecule has 0 fully saturated rings. The van der Waals surface area contributed by atoms with Crippen LogP contribution in [-0.4, -0.2) is 70.0 Å². The number of Topliss-reactive ketones (excluding diaryl/α,β-unsaturated/α-hetero) is 1. The molecule has 288 valence electrons. The van der Waals surface area contributed by atoms with Gasteiger partial charge in [0.15, 0.2) is 18.9 Å². The number of carbonyl (C=O) groups excluding carboxylic acids is 4. The molecule has 0 bridgehead atoms. The number of hydrogen-bond acceptors (Lipinski definition) is 6. The lowest BCUT2D eigenvalue weighted by atomic mass is 9.93. The molecular weight excluding hydrogens is 691 g/mol. The number of aliphatic imine (C=N–C) groups is 1. The zero-order valence-electron chi connectivity index (χ0n) is 33.1. The molecule has 0 saturated heterocycles. The second kappa shape index (κ2) is 18.1. The molecule has 3 aromatic rings. The van der Waals surface area contributed by atoms with Gasteiger partial charge in [-0.05, 0) is 70.6 Å². The summed E-state index contributed by atoms with van der Waals surface area (Å²) in [6, 6.07) is 20.3. The third-order valence-corrected chi connectivity index (χ3v) is 9.64. The average molecular weight is 745 g/mol. The van der Waals surface area contributed by atoms with Gasteiger partial charge >= 0.3 is 0 Å². The molecule has 3 heterocycles. The van der Waals surface area contributed by atoms with Gasteiger partial charge < -0.3 is 15.0 Å². The zero-order chi connectivity index (χ0) is 39.7. The molecule has 2 aromatic carbocycles. The number of nitrogens with one attached hydrogen (secondary N) is 1. The van der Waals surface area contributed by atoms with Crippen molar-refractivity contribution < 1.29 is 28.5 Å². The predicted molar refractivity (Wildman–Crippen MR) is 215 cm³/mol. The molecule has 0 spiro atoms. The summed E-state index contributed by atoms with van der Waals surface area (Å²) in [6.07, 6.45) is 12.0. The van der Waals surface area contributed by atoms with Gasteiger partial charge in [-0.15, -0.1) is 0 Å². The van der Waals surface area contributed by atoms with E-state index in [0.717, 1.165) is 18.4 Å². The largest absolute Gasteiger partial charge is 0.473 e. The van der Waals surface area contributed by atoms with Crippen molar-refractivity contribution in [1.29, 1.82) is 0 Å². The van der Waals surface area contributed by atoms with Gasteiger partial charge in [-0.1, -0.05) is 91.7 Å². The van der Waals surface area contributed by atoms with Gasteiger partial charge in [0, 0.05) is 24.8 Å². The lowest BCUT2D eigenvalue weighted by Crippen LogP contribution is -2.60. The monoisotopic (exact) mass is 744 g/mol. The summed E-state index contributed by atoms with van der Waals surface area (Å²) >= 11 is 0. The zero-order valence-corrected chi connectivity index (χ0v) is 33.1. The van der Waals surface area contributed by atoms with E-state index in [2.05, 4.69) is 43.2 Å². The predicted octanol–water partition coefficient (Wildman–Crippen LogP) is 6.48. The highest BCUT2D eigenvalue weighted by Crippen LogP contribution is 2.34. The third-order valence-electron chi connectivity index (χ3n) is 9.64. The van der Waals surface area contributed by atoms with E-state index < -0.39 is 35.2 Å². The van der Waals surface area contributed by atoms with Crippen LogP contribution in [0.3, 0.4) is 0 Å². The smallest absolute Gasteiger partial charge is 0.259 e. The van der Waals surface area contributed by atoms with Gasteiger partial charge in [0.25, 0.3) is 17.7 Å². The van der Waals surface area contributed by atoms with Crippen LogP contribution in [0.4, 0.5) is 0 Å². The number of nitrogens with zero attached hydrogens (tertiary/aromatic N) is 4. The van der Waals surface area contributed by atoms with Crippen molar-refractivity contribution in [3.05, 3.63) is 131 Å². The minimum atomic E-state index is -1.05. The van der Waals surface area contributed by atoms with Crippen LogP contribution in [0.5, 0.6) is 0 Å². The summed E-state index contributed by atoms with van der Waals surface area (Å²) in [5, 5.41) is 2.78. The van der Waals surface area contributed by atoms with Crippen molar-refractivity contribution >= 4 is 35.1 Å². The lowest BCUT2D eigenvalue weighted by Gasteiger charge is -2.44. The molecule has 2 atom stereocenters. The summed E-state index contributed by atoms with van der Waals surface area (Å²) in [6.45, 7) is 14.5. The third kappa shape index (κ3) is 10.5. The number of pyridine rings is 1. The number of ketones is 1. The van der Waals surface area contributed by atoms with E-state index in [1.165, 1.54) is 20.9 Å². The van der Waals surface area contributed by atoms with Crippen LogP contribution in [0, 0.1) is 5.92 Å². The maximum atomic E-state index is 15.0. The first kappa shape index (κ1) is 40.5. The molecular formula is C45H54N5O5+. The molecule has 0 unspecified atom stereocenters. The highest BCUT2D eigenvalue weighted by atomic mass is 16.5. The number of amides is 3. The van der Waals surface area contributed by atoms with Crippen molar-refractivity contribution in [3.63, 3.8) is 0 Å². The molecule has 2 aliphatic rings. The summed E-state index contributed by atoms with van der Waals surface area (Å²) in [5.74, 6) is -2.00. The van der Waals surface area contributed by atoms with Gasteiger partial charge in [-0.2, -0.15) is 0 Å². The molecule has 5 rings (SSSR count). The molecule has 2 aliphatic heterocycles. The minimum Gasteiger partial charge on any atom is -0.473 e. The Kier molecular flexibility index (Phi) is 13.4. The Balaban J connectivity index is 1.48. The number of rotatable bonds is 15. The van der Waals surface area contributed by atoms with E-state index in [-0.39, 0.29) is 37.3 Å². The summed E-state index contributed by atoms with van der Waals surface area (Å²) in [4.78, 5) is 64.1. The lowest BCUT2D eigenvalue weighted by molar-refractivity contribution is -0.687. The molecule has 10 heteroatoms. The Bertz CT molecular complexity index is 1980. The number of aromatic nitrogens is 1. The quantitative estimate of drug-likeness (QED) is 0.142. The Hall–Kier alpha value is -5.64. The van der Waals surface area contributed by atoms with E-state index in [0.29, 0.717) is 23.4 Å². The first-order valence-electron chi connectivity index (χ1n) is 19.0. The van der Waals surface area contributed by atoms with Gasteiger partial charge in [0.2, 0.25) is 11.7 Å². The standard InChI is InChI=1S/C45H53N5O5/c1-31(2)15-14-16-33(5)21-24-48-25-22-36(23-26-48)43(53)49-29-38(35-19-12-9-13-20-35)50(44(54)40(49)32(3)4)37(27-34-17-10-8-11-18-34)41(52)46-28-39(51)42-47-45(6,7)30-55-42/h8-13,15,17-23,25-26,29,32,37,40H,14,16,24,27-28,30H2,1-7H3/p+1/t37-,40+/m0/s1. The molecule has 10 nitrogen and oxygen atoms in total. The van der Waals surface area contributed by atoms with Crippen molar-refractivity contribution in [1.82, 2.24) is 15.1 Å². The number of hydrogen-bond donors (Lipinski definition) is 1. The van der Waals surface area contributed by atoms with Crippen LogP contribution in [0.1, 0.15) is 82.8 Å². The molecule has 1 N–H and O–H groups in total. The molecule has 0 aliphatic carbocycles. The first-order valence-corrected chi connectivity index (χ1v) is 19.0. The highest BCUT2D eigenvalue weighted by Gasteiger charge is 2.45. The van der Waals surface area contributed by atoms with Gasteiger partial charge in [0.1, 0.15) is 18.7 Å². The Morgan fingerprint density at radius 3 is 2.22 bits per heavy atom. The fourth-order valence-corrected chi connectivity index (χ4v) is 6.64. The SMILES string of the molecule is CC(C)=CCCC(C)=CC[n+]1ccc(C(=O)N2C=C(c3ccccc3)N([C@@H](Cc3ccccc3)C(=O)NCC(=O)C3=NC(C)(C)CO3)C(=O)[C@H]2C(C)C)cc1. The molecule has 3 amide bonds. The number of carbonyl (C=O) groups is 4. The maximum Gasteiger partial charge on any atom is 0.259 e. The minimum absolute atomic E-state index is 0.0222. The summed E-state index contributed by atoms with van der Waals surface area (Å²) in [7, 11) is 0. The van der Waals surface area contributed by atoms with Crippen molar-refractivity contribution in [2.75, 3.05) is 13.2 Å². The van der Waals surface area contributed by atoms with Crippen LogP contribution in [0.2, 0.25) is 0 Å². The Morgan fingerprint density at radius 2 is 1.62 bits per heavy atom. The van der Waals surface area contributed by atoms with Gasteiger partial charge in [-0.3, -0.25) is 24.1 Å². The normalized spacial score (nSPS) is 17.3. The number of benzene rings is 2. The Labute approximate surface area is 325 Å². The average Bonchev–Trinajstić information content (AvgIpc) is 3.54.